The molecular formula is C14H13ClN4O. The smallest absolute Gasteiger partial charge is 0.272 e. The van der Waals surface area contributed by atoms with Crippen LogP contribution in [-0.4, -0.2) is 10.5 Å². The molecule has 3 N–H and O–H groups in total. The van der Waals surface area contributed by atoms with Crippen LogP contribution in [0.4, 0.5) is 11.4 Å². The molecule has 0 fully saturated rings. The fourth-order valence-electron chi connectivity index (χ4n) is 1.86. The van der Waals surface area contributed by atoms with Gasteiger partial charge in [0, 0.05) is 12.7 Å². The van der Waals surface area contributed by atoms with E-state index in [0.717, 1.165) is 0 Å². The van der Waals surface area contributed by atoms with Crippen molar-refractivity contribution in [1.29, 1.82) is 5.26 Å². The summed E-state index contributed by atoms with van der Waals surface area (Å²) >= 11 is 6.02. The highest BCUT2D eigenvalue weighted by atomic mass is 35.5. The summed E-state index contributed by atoms with van der Waals surface area (Å²) in [5, 5.41) is 11.8. The van der Waals surface area contributed by atoms with Crippen LogP contribution in [0.3, 0.4) is 0 Å². The molecule has 1 amide bonds. The molecule has 20 heavy (non-hydrogen) atoms. The lowest BCUT2D eigenvalue weighted by Crippen LogP contribution is -2.16. The summed E-state index contributed by atoms with van der Waals surface area (Å²) in [5.41, 5.74) is 7.58. The zero-order valence-corrected chi connectivity index (χ0v) is 11.6. The van der Waals surface area contributed by atoms with Gasteiger partial charge in [-0.1, -0.05) is 11.6 Å². The average molecular weight is 289 g/mol. The number of rotatable bonds is 3. The number of aromatic nitrogens is 1. The van der Waals surface area contributed by atoms with Crippen molar-refractivity contribution in [2.24, 2.45) is 0 Å². The summed E-state index contributed by atoms with van der Waals surface area (Å²) in [6.45, 7) is 2.56. The van der Waals surface area contributed by atoms with Gasteiger partial charge in [0.1, 0.15) is 5.69 Å². The van der Waals surface area contributed by atoms with E-state index in [-0.39, 0.29) is 5.91 Å². The first-order valence-electron chi connectivity index (χ1n) is 6.01. The zero-order valence-electron chi connectivity index (χ0n) is 10.9. The molecule has 0 atom stereocenters. The summed E-state index contributed by atoms with van der Waals surface area (Å²) < 4.78 is 1.75. The van der Waals surface area contributed by atoms with E-state index < -0.39 is 0 Å². The number of anilines is 2. The summed E-state index contributed by atoms with van der Waals surface area (Å²) in [5.74, 6) is -0.296. The lowest BCUT2D eigenvalue weighted by molar-refractivity contribution is 0.101. The van der Waals surface area contributed by atoms with Crippen LogP contribution < -0.4 is 11.1 Å². The molecule has 0 saturated heterocycles. The Morgan fingerprint density at radius 1 is 1.50 bits per heavy atom. The molecular weight excluding hydrogens is 276 g/mol. The molecule has 2 rings (SSSR count). The van der Waals surface area contributed by atoms with Crippen molar-refractivity contribution in [3.8, 4) is 6.07 Å². The fraction of sp³-hybridized carbons (Fsp3) is 0.143. The number of benzene rings is 1. The number of nitrogens with one attached hydrogen (secondary N) is 1. The quantitative estimate of drug-likeness (QED) is 0.911. The van der Waals surface area contributed by atoms with Crippen LogP contribution in [0.1, 0.15) is 23.0 Å². The Morgan fingerprint density at radius 2 is 2.25 bits per heavy atom. The maximum atomic E-state index is 12.2. The van der Waals surface area contributed by atoms with Gasteiger partial charge >= 0.3 is 0 Å². The number of carbonyl (C=O) groups excluding carboxylic acids is 1. The molecule has 1 aromatic heterocycles. The summed E-state index contributed by atoms with van der Waals surface area (Å²) in [7, 11) is 0. The van der Waals surface area contributed by atoms with E-state index in [9.17, 15) is 4.79 Å². The van der Waals surface area contributed by atoms with E-state index in [1.165, 1.54) is 6.07 Å². The van der Waals surface area contributed by atoms with Gasteiger partial charge in [0.25, 0.3) is 5.91 Å². The number of halogens is 1. The maximum absolute atomic E-state index is 12.2. The lowest BCUT2D eigenvalue weighted by Gasteiger charge is -2.09. The van der Waals surface area contributed by atoms with Gasteiger partial charge in [-0.05, 0) is 31.2 Å². The second kappa shape index (κ2) is 5.68. The van der Waals surface area contributed by atoms with Crippen molar-refractivity contribution in [3.05, 3.63) is 46.7 Å². The highest BCUT2D eigenvalue weighted by molar-refractivity contribution is 6.34. The molecule has 0 radical (unpaired) electrons. The maximum Gasteiger partial charge on any atom is 0.272 e. The van der Waals surface area contributed by atoms with Gasteiger partial charge in [-0.25, -0.2) is 0 Å². The van der Waals surface area contributed by atoms with Gasteiger partial charge in [0.15, 0.2) is 0 Å². The summed E-state index contributed by atoms with van der Waals surface area (Å²) in [6.07, 6.45) is 1.70. The van der Waals surface area contributed by atoms with Crippen LogP contribution in [0.25, 0.3) is 0 Å². The number of hydrogen-bond acceptors (Lipinski definition) is 3. The van der Waals surface area contributed by atoms with E-state index in [1.54, 1.807) is 29.0 Å². The largest absolute Gasteiger partial charge is 0.397 e. The van der Waals surface area contributed by atoms with Crippen molar-refractivity contribution >= 4 is 28.9 Å². The minimum Gasteiger partial charge on any atom is -0.397 e. The van der Waals surface area contributed by atoms with Crippen LogP contribution in [0.2, 0.25) is 5.02 Å². The number of nitrogen functional groups attached to an aromatic ring is 1. The molecule has 1 aromatic carbocycles. The van der Waals surface area contributed by atoms with Crippen LogP contribution in [-0.2, 0) is 6.54 Å². The van der Waals surface area contributed by atoms with Crippen molar-refractivity contribution in [3.63, 3.8) is 0 Å². The minimum atomic E-state index is -0.296. The Labute approximate surface area is 121 Å². The number of carbonyl (C=O) groups is 1. The van der Waals surface area contributed by atoms with Crippen molar-refractivity contribution in [2.45, 2.75) is 13.5 Å². The number of nitrogens with two attached hydrogens (primary N) is 1. The van der Waals surface area contributed by atoms with Gasteiger partial charge in [0.05, 0.1) is 28.0 Å². The van der Waals surface area contributed by atoms with Gasteiger partial charge in [-0.15, -0.1) is 0 Å². The third kappa shape index (κ3) is 2.76. The first kappa shape index (κ1) is 14.0. The van der Waals surface area contributed by atoms with Crippen LogP contribution in [0.5, 0.6) is 0 Å². The molecule has 0 bridgehead atoms. The number of amides is 1. The molecule has 0 aliphatic heterocycles. The Balaban J connectivity index is 2.26. The van der Waals surface area contributed by atoms with E-state index in [0.29, 0.717) is 34.2 Å². The molecule has 6 heteroatoms. The number of nitrogens with zero attached hydrogens (tertiary/aromatic N) is 2. The summed E-state index contributed by atoms with van der Waals surface area (Å²) in [4.78, 5) is 12.2. The first-order chi connectivity index (χ1) is 9.55. The number of aryl methyl sites for hydroxylation is 1. The van der Waals surface area contributed by atoms with E-state index in [1.807, 2.05) is 13.0 Å². The lowest BCUT2D eigenvalue weighted by atomic mass is 10.2. The SMILES string of the molecule is CCn1cc(N)cc1C(=O)Nc1ccc(C#N)cc1Cl. The van der Waals surface area contributed by atoms with Crippen LogP contribution >= 0.6 is 11.6 Å². The second-order valence-corrected chi connectivity index (χ2v) is 4.61. The normalized spacial score (nSPS) is 10.1. The molecule has 5 nitrogen and oxygen atoms in total. The highest BCUT2D eigenvalue weighted by Gasteiger charge is 2.13. The average Bonchev–Trinajstić information content (AvgIpc) is 2.82. The Hall–Kier alpha value is -2.45. The zero-order chi connectivity index (χ0) is 14.7. The van der Waals surface area contributed by atoms with E-state index >= 15 is 0 Å². The Morgan fingerprint density at radius 3 is 2.85 bits per heavy atom. The molecule has 0 spiro atoms. The van der Waals surface area contributed by atoms with Crippen molar-refractivity contribution in [1.82, 2.24) is 4.57 Å². The predicted octanol–water partition coefficient (Wildman–Crippen LogP) is 2.87. The van der Waals surface area contributed by atoms with Gasteiger partial charge in [-0.3, -0.25) is 4.79 Å². The van der Waals surface area contributed by atoms with E-state index in [4.69, 9.17) is 22.6 Å². The predicted molar refractivity (Wildman–Crippen MR) is 78.6 cm³/mol. The molecule has 0 saturated carbocycles. The molecule has 0 aliphatic carbocycles. The molecule has 0 unspecified atom stereocenters. The van der Waals surface area contributed by atoms with Gasteiger partial charge in [0.2, 0.25) is 0 Å². The number of nitriles is 1. The van der Waals surface area contributed by atoms with Gasteiger partial charge in [-0.2, -0.15) is 5.26 Å². The standard InChI is InChI=1S/C14H13ClN4O/c1-2-19-8-10(17)6-13(19)14(20)18-12-4-3-9(7-16)5-11(12)15/h3-6,8H,2,17H2,1H3,(H,18,20). The third-order valence-electron chi connectivity index (χ3n) is 2.84. The first-order valence-corrected chi connectivity index (χ1v) is 6.39. The monoisotopic (exact) mass is 288 g/mol. The van der Waals surface area contributed by atoms with E-state index in [2.05, 4.69) is 5.32 Å². The van der Waals surface area contributed by atoms with Crippen LogP contribution in [0.15, 0.2) is 30.5 Å². The van der Waals surface area contributed by atoms with Crippen LogP contribution in [0, 0.1) is 11.3 Å². The molecule has 1 heterocycles. The Bertz CT molecular complexity index is 700. The fourth-order valence-corrected chi connectivity index (χ4v) is 2.09. The molecule has 2 aromatic rings. The minimum absolute atomic E-state index is 0.296. The number of hydrogen-bond donors (Lipinski definition) is 2. The second-order valence-electron chi connectivity index (χ2n) is 4.21. The molecule has 0 aliphatic rings. The third-order valence-corrected chi connectivity index (χ3v) is 3.15. The summed E-state index contributed by atoms with van der Waals surface area (Å²) in [6, 6.07) is 8.29. The van der Waals surface area contributed by atoms with Crippen molar-refractivity contribution < 1.29 is 4.79 Å². The highest BCUT2D eigenvalue weighted by Crippen LogP contribution is 2.23. The molecule has 102 valence electrons. The van der Waals surface area contributed by atoms with Crippen molar-refractivity contribution in [2.75, 3.05) is 11.1 Å². The Kier molecular flexibility index (Phi) is 3.97. The topological polar surface area (TPSA) is 83.8 Å². The van der Waals surface area contributed by atoms with Gasteiger partial charge < -0.3 is 15.6 Å².